The maximum absolute atomic E-state index is 13.4. The first-order chi connectivity index (χ1) is 15.9. The number of pyridine rings is 2. The van der Waals surface area contributed by atoms with Crippen LogP contribution in [0.4, 0.5) is 5.69 Å². The minimum Gasteiger partial charge on any atom is -0.322 e. The van der Waals surface area contributed by atoms with Crippen molar-refractivity contribution in [2.75, 3.05) is 5.32 Å². The lowest BCUT2D eigenvalue weighted by Gasteiger charge is -2.13. The lowest BCUT2D eigenvalue weighted by Crippen LogP contribution is -2.14. The van der Waals surface area contributed by atoms with Crippen molar-refractivity contribution in [2.45, 2.75) is 34.1 Å². The Morgan fingerprint density at radius 1 is 1.03 bits per heavy atom. The van der Waals surface area contributed by atoms with E-state index >= 15 is 0 Å². The summed E-state index contributed by atoms with van der Waals surface area (Å²) in [6, 6.07) is 16.7. The number of rotatable bonds is 6. The summed E-state index contributed by atoms with van der Waals surface area (Å²) < 4.78 is 0. The molecule has 0 bridgehead atoms. The van der Waals surface area contributed by atoms with Crippen LogP contribution in [-0.4, -0.2) is 21.7 Å². The van der Waals surface area contributed by atoms with Crippen LogP contribution in [0, 0.1) is 19.8 Å². The summed E-state index contributed by atoms with van der Waals surface area (Å²) in [5.74, 6) is -0.132. The van der Waals surface area contributed by atoms with Crippen LogP contribution in [0.15, 0.2) is 67.0 Å². The molecule has 0 saturated carbocycles. The van der Waals surface area contributed by atoms with E-state index in [1.165, 1.54) is 0 Å². The Balaban J connectivity index is 1.72. The summed E-state index contributed by atoms with van der Waals surface area (Å²) in [5.41, 5.74) is 6.26. The van der Waals surface area contributed by atoms with Gasteiger partial charge < -0.3 is 5.32 Å². The molecule has 0 aliphatic carbocycles. The number of aromatic nitrogens is 2. The van der Waals surface area contributed by atoms with Gasteiger partial charge in [0.15, 0.2) is 5.78 Å². The molecular formula is C28H27N3O2. The Kier molecular flexibility index (Phi) is 6.31. The van der Waals surface area contributed by atoms with Gasteiger partial charge in [0, 0.05) is 40.5 Å². The zero-order chi connectivity index (χ0) is 23.5. The number of hydrogen-bond donors (Lipinski definition) is 1. The fourth-order valence-corrected chi connectivity index (χ4v) is 3.92. The maximum Gasteiger partial charge on any atom is 0.256 e. The number of anilines is 1. The van der Waals surface area contributed by atoms with Gasteiger partial charge in [-0.1, -0.05) is 25.5 Å². The molecule has 0 unspecified atom stereocenters. The van der Waals surface area contributed by atoms with E-state index < -0.39 is 0 Å². The molecule has 2 heterocycles. The number of nitrogens with zero attached hydrogens (tertiary/aromatic N) is 2. The van der Waals surface area contributed by atoms with Crippen LogP contribution in [0.25, 0.3) is 22.2 Å². The van der Waals surface area contributed by atoms with Crippen LogP contribution >= 0.6 is 0 Å². The van der Waals surface area contributed by atoms with Crippen LogP contribution in [0.1, 0.15) is 52.1 Å². The van der Waals surface area contributed by atoms with Gasteiger partial charge in [-0.15, -0.1) is 0 Å². The molecule has 4 aromatic rings. The molecule has 1 N–H and O–H groups in total. The van der Waals surface area contributed by atoms with E-state index in [-0.39, 0.29) is 17.6 Å². The summed E-state index contributed by atoms with van der Waals surface area (Å²) >= 11 is 0. The number of fused-ring (bicyclic) bond motifs is 1. The van der Waals surface area contributed by atoms with E-state index in [2.05, 4.69) is 16.4 Å². The number of amides is 1. The Bertz CT molecular complexity index is 1330. The highest BCUT2D eigenvalue weighted by atomic mass is 16.1. The number of hydrogen-bond acceptors (Lipinski definition) is 4. The van der Waals surface area contributed by atoms with Crippen LogP contribution in [0.2, 0.25) is 0 Å². The van der Waals surface area contributed by atoms with E-state index in [4.69, 9.17) is 4.98 Å². The highest BCUT2D eigenvalue weighted by Gasteiger charge is 2.17. The number of ketones is 1. The fourth-order valence-electron chi connectivity index (χ4n) is 3.92. The molecule has 0 radical (unpaired) electrons. The first-order valence-electron chi connectivity index (χ1n) is 11.2. The standard InChI is InChI=1S/C28H27N3O2/c1-5-18(3)27(32)20-8-10-22(11-9-20)30-28(33)24-15-25(21-7-6-12-29-16-21)31-26-19(4)13-17(2)14-23(24)26/h6-16,18H,5H2,1-4H3,(H,30,33)/t18-/m1/s1. The number of aryl methyl sites for hydroxylation is 2. The van der Waals surface area contributed by atoms with Crippen LogP contribution < -0.4 is 5.32 Å². The van der Waals surface area contributed by atoms with Crippen molar-refractivity contribution in [2.24, 2.45) is 5.92 Å². The predicted molar refractivity (Wildman–Crippen MR) is 133 cm³/mol. The third-order valence-electron chi connectivity index (χ3n) is 5.94. The van der Waals surface area contributed by atoms with Crippen LogP contribution in [-0.2, 0) is 0 Å². The minimum absolute atomic E-state index is 0.0222. The Labute approximate surface area is 193 Å². The van der Waals surface area contributed by atoms with Crippen molar-refractivity contribution in [3.05, 3.63) is 89.2 Å². The summed E-state index contributed by atoms with van der Waals surface area (Å²) in [4.78, 5) is 34.8. The molecule has 1 atom stereocenters. The second kappa shape index (κ2) is 9.33. The van der Waals surface area contributed by atoms with E-state index in [1.54, 1.807) is 36.7 Å². The van der Waals surface area contributed by atoms with Gasteiger partial charge >= 0.3 is 0 Å². The average molecular weight is 438 g/mol. The van der Waals surface area contributed by atoms with Gasteiger partial charge in [0.05, 0.1) is 16.8 Å². The van der Waals surface area contributed by atoms with Gasteiger partial charge in [0.2, 0.25) is 0 Å². The third kappa shape index (κ3) is 4.67. The van der Waals surface area contributed by atoms with Gasteiger partial charge in [-0.3, -0.25) is 14.6 Å². The van der Waals surface area contributed by atoms with Crippen molar-refractivity contribution >= 4 is 28.3 Å². The number of benzene rings is 2. The molecule has 166 valence electrons. The van der Waals surface area contributed by atoms with E-state index in [1.807, 2.05) is 52.0 Å². The van der Waals surface area contributed by atoms with Crippen molar-refractivity contribution in [1.29, 1.82) is 0 Å². The largest absolute Gasteiger partial charge is 0.322 e. The van der Waals surface area contributed by atoms with Crippen molar-refractivity contribution in [1.82, 2.24) is 9.97 Å². The molecule has 2 aromatic heterocycles. The topological polar surface area (TPSA) is 72.0 Å². The normalized spacial score (nSPS) is 11.9. The molecule has 0 spiro atoms. The molecule has 0 aliphatic heterocycles. The first-order valence-corrected chi connectivity index (χ1v) is 11.2. The second-order valence-electron chi connectivity index (χ2n) is 8.48. The molecule has 5 heteroatoms. The second-order valence-corrected chi connectivity index (χ2v) is 8.48. The smallest absolute Gasteiger partial charge is 0.256 e. The monoisotopic (exact) mass is 437 g/mol. The number of carbonyl (C=O) groups is 2. The molecular weight excluding hydrogens is 410 g/mol. The zero-order valence-electron chi connectivity index (χ0n) is 19.3. The zero-order valence-corrected chi connectivity index (χ0v) is 19.3. The molecule has 5 nitrogen and oxygen atoms in total. The third-order valence-corrected chi connectivity index (χ3v) is 5.94. The van der Waals surface area contributed by atoms with Crippen molar-refractivity contribution < 1.29 is 9.59 Å². The number of carbonyl (C=O) groups excluding carboxylic acids is 2. The van der Waals surface area contributed by atoms with Crippen molar-refractivity contribution in [3.63, 3.8) is 0 Å². The summed E-state index contributed by atoms with van der Waals surface area (Å²) in [6.07, 6.45) is 4.25. The van der Waals surface area contributed by atoms with Gasteiger partial charge in [-0.2, -0.15) is 0 Å². The fraction of sp³-hybridized carbons (Fsp3) is 0.214. The molecule has 0 fully saturated rings. The van der Waals surface area contributed by atoms with E-state index in [0.29, 0.717) is 22.5 Å². The minimum atomic E-state index is -0.224. The average Bonchev–Trinajstić information content (AvgIpc) is 2.83. The summed E-state index contributed by atoms with van der Waals surface area (Å²) in [5, 5.41) is 3.79. The van der Waals surface area contributed by atoms with Crippen molar-refractivity contribution in [3.8, 4) is 11.3 Å². The van der Waals surface area contributed by atoms with Gasteiger partial charge in [0.25, 0.3) is 5.91 Å². The number of nitrogens with one attached hydrogen (secondary N) is 1. The molecule has 0 aliphatic rings. The molecule has 0 saturated heterocycles. The summed E-state index contributed by atoms with van der Waals surface area (Å²) in [7, 11) is 0. The van der Waals surface area contributed by atoms with Gasteiger partial charge in [-0.25, -0.2) is 4.98 Å². The van der Waals surface area contributed by atoms with Gasteiger partial charge in [0.1, 0.15) is 0 Å². The van der Waals surface area contributed by atoms with Gasteiger partial charge in [-0.05, 0) is 74.4 Å². The van der Waals surface area contributed by atoms with Crippen LogP contribution in [0.3, 0.4) is 0 Å². The maximum atomic E-state index is 13.4. The highest BCUT2D eigenvalue weighted by molar-refractivity contribution is 6.13. The Morgan fingerprint density at radius 2 is 1.79 bits per heavy atom. The van der Waals surface area contributed by atoms with E-state index in [0.717, 1.165) is 34.0 Å². The molecule has 33 heavy (non-hydrogen) atoms. The SMILES string of the molecule is CC[C@@H](C)C(=O)c1ccc(NC(=O)c2cc(-c3cccnc3)nc3c(C)cc(C)cc23)cc1. The van der Waals surface area contributed by atoms with E-state index in [9.17, 15) is 9.59 Å². The van der Waals surface area contributed by atoms with Crippen LogP contribution in [0.5, 0.6) is 0 Å². The molecule has 2 aromatic carbocycles. The quantitative estimate of drug-likeness (QED) is 0.355. The number of Topliss-reactive ketones (excluding diaryl/α,β-unsaturated/α-hetero) is 1. The summed E-state index contributed by atoms with van der Waals surface area (Å²) in [6.45, 7) is 7.94. The molecule has 1 amide bonds. The lowest BCUT2D eigenvalue weighted by atomic mass is 9.97. The Hall–Kier alpha value is -3.86. The lowest BCUT2D eigenvalue weighted by molar-refractivity contribution is 0.0927. The molecule has 4 rings (SSSR count). The first kappa shape index (κ1) is 22.3. The Morgan fingerprint density at radius 3 is 2.45 bits per heavy atom. The highest BCUT2D eigenvalue weighted by Crippen LogP contribution is 2.28. The predicted octanol–water partition coefficient (Wildman–Crippen LogP) is 6.39.